The van der Waals surface area contributed by atoms with E-state index in [1.54, 1.807) is 0 Å². The van der Waals surface area contributed by atoms with Crippen molar-refractivity contribution in [2.75, 3.05) is 14.6 Å². The molecule has 2 aliphatic heterocycles. The molecule has 0 fully saturated rings. The standard InChI is InChI=1S/C71H70BN3S/c1-45-41-58-55-37-40-64-65(56-21-17-18-22-63(56)76-64)67(55)75(53-34-27-49(28-35-53)70(8,9)10)72-59-38-36-54(73(51-30-23-47(24-31-51)68(2,3)4)52-32-25-48(26-33-52)69(5,6)7)44-61(59)74(62(42-45)66(58)72)60-39-29-50(71(11,12)13)43-57(60)46-19-15-14-16-20-46/h14-44H,1-13H3. The molecular weight excluding hydrogens is 938 g/mol. The van der Waals surface area contributed by atoms with Crippen LogP contribution in [0.5, 0.6) is 0 Å². The molecule has 1 aromatic heterocycles. The summed E-state index contributed by atoms with van der Waals surface area (Å²) in [5.74, 6) is 0. The van der Waals surface area contributed by atoms with E-state index >= 15 is 0 Å². The zero-order valence-corrected chi connectivity index (χ0v) is 47.5. The molecule has 0 aliphatic carbocycles. The number of hydrogen-bond acceptors (Lipinski definition) is 4. The molecule has 0 bridgehead atoms. The topological polar surface area (TPSA) is 9.72 Å². The fourth-order valence-electron chi connectivity index (χ4n) is 11.9. The quantitative estimate of drug-likeness (QED) is 0.154. The maximum absolute atomic E-state index is 2.72. The van der Waals surface area contributed by atoms with E-state index in [1.807, 2.05) is 11.3 Å². The number of anilines is 8. The third kappa shape index (κ3) is 8.43. The molecule has 0 saturated heterocycles. The molecule has 378 valence electrons. The van der Waals surface area contributed by atoms with Gasteiger partial charge in [-0.1, -0.05) is 192 Å². The lowest BCUT2D eigenvalue weighted by Gasteiger charge is -2.47. The van der Waals surface area contributed by atoms with Gasteiger partial charge in [0.1, 0.15) is 0 Å². The lowest BCUT2D eigenvalue weighted by Crippen LogP contribution is -2.61. The van der Waals surface area contributed by atoms with E-state index < -0.39 is 0 Å². The summed E-state index contributed by atoms with van der Waals surface area (Å²) in [7, 11) is 0. The van der Waals surface area contributed by atoms with Crippen molar-refractivity contribution < 1.29 is 0 Å². The molecule has 5 heteroatoms. The number of nitrogens with zero attached hydrogens (tertiary/aromatic N) is 3. The van der Waals surface area contributed by atoms with Crippen molar-refractivity contribution >= 4 is 94.8 Å². The van der Waals surface area contributed by atoms with Crippen LogP contribution in [0.2, 0.25) is 0 Å². The first kappa shape index (κ1) is 49.5. The first-order valence-corrected chi connectivity index (χ1v) is 28.1. The third-order valence-electron chi connectivity index (χ3n) is 16.1. The van der Waals surface area contributed by atoms with Gasteiger partial charge in [0.15, 0.2) is 0 Å². The van der Waals surface area contributed by atoms with Gasteiger partial charge < -0.3 is 14.6 Å². The van der Waals surface area contributed by atoms with Crippen LogP contribution in [0.15, 0.2) is 188 Å². The van der Waals surface area contributed by atoms with Crippen molar-refractivity contribution in [1.29, 1.82) is 0 Å². The Kier molecular flexibility index (Phi) is 11.7. The maximum atomic E-state index is 2.72. The summed E-state index contributed by atoms with van der Waals surface area (Å²) in [4.78, 5) is 7.81. The van der Waals surface area contributed by atoms with Gasteiger partial charge in [0.2, 0.25) is 0 Å². The normalized spacial score (nSPS) is 13.5. The van der Waals surface area contributed by atoms with E-state index in [9.17, 15) is 0 Å². The monoisotopic (exact) mass is 1010 g/mol. The smallest absolute Gasteiger partial charge is 0.333 e. The highest BCUT2D eigenvalue weighted by Crippen LogP contribution is 2.54. The Morgan fingerprint density at radius 3 is 1.58 bits per heavy atom. The molecule has 3 nitrogen and oxygen atoms in total. The van der Waals surface area contributed by atoms with Crippen LogP contribution in [-0.2, 0) is 21.7 Å². The van der Waals surface area contributed by atoms with Crippen molar-refractivity contribution in [3.63, 3.8) is 0 Å². The largest absolute Gasteiger partial charge is 0.376 e. The average Bonchev–Trinajstić information content (AvgIpc) is 3.80. The highest BCUT2D eigenvalue weighted by Gasteiger charge is 2.47. The van der Waals surface area contributed by atoms with Gasteiger partial charge in [0.25, 0.3) is 0 Å². The van der Waals surface area contributed by atoms with Crippen LogP contribution in [0.4, 0.5) is 45.5 Å². The lowest BCUT2D eigenvalue weighted by molar-refractivity contribution is 0.590. The summed E-state index contributed by atoms with van der Waals surface area (Å²) >= 11 is 1.90. The minimum absolute atomic E-state index is 0.00576. The molecule has 0 radical (unpaired) electrons. The second kappa shape index (κ2) is 17.9. The molecule has 10 aromatic rings. The second-order valence-corrected chi connectivity index (χ2v) is 26.7. The third-order valence-corrected chi connectivity index (χ3v) is 17.2. The number of thiophene rings is 1. The van der Waals surface area contributed by atoms with Gasteiger partial charge in [-0.15, -0.1) is 11.3 Å². The number of fused-ring (bicyclic) bond motifs is 8. The van der Waals surface area contributed by atoms with E-state index in [4.69, 9.17) is 0 Å². The van der Waals surface area contributed by atoms with E-state index in [-0.39, 0.29) is 28.5 Å². The maximum Gasteiger partial charge on any atom is 0.333 e. The van der Waals surface area contributed by atoms with Gasteiger partial charge in [-0.25, -0.2) is 0 Å². The Morgan fingerprint density at radius 1 is 0.421 bits per heavy atom. The van der Waals surface area contributed by atoms with Gasteiger partial charge in [-0.05, 0) is 157 Å². The molecule has 0 atom stereocenters. The van der Waals surface area contributed by atoms with Gasteiger partial charge in [0.05, 0.1) is 5.69 Å². The molecule has 3 heterocycles. The number of aryl methyl sites for hydroxylation is 1. The molecule has 0 unspecified atom stereocenters. The molecule has 0 spiro atoms. The highest BCUT2D eigenvalue weighted by atomic mass is 32.1. The van der Waals surface area contributed by atoms with E-state index in [1.165, 1.54) is 98.2 Å². The minimum atomic E-state index is -0.164. The van der Waals surface area contributed by atoms with Crippen LogP contribution in [-0.4, -0.2) is 6.85 Å². The fraction of sp³-hybridized carbons (Fsp3) is 0.239. The van der Waals surface area contributed by atoms with Gasteiger partial charge in [0, 0.05) is 71.1 Å². The molecule has 0 N–H and O–H groups in total. The van der Waals surface area contributed by atoms with Gasteiger partial charge >= 0.3 is 6.85 Å². The first-order valence-electron chi connectivity index (χ1n) is 27.3. The first-order chi connectivity index (χ1) is 36.1. The number of benzene rings is 9. The predicted molar refractivity (Wildman–Crippen MR) is 333 cm³/mol. The van der Waals surface area contributed by atoms with Crippen LogP contribution < -0.4 is 25.5 Å². The van der Waals surface area contributed by atoms with Crippen molar-refractivity contribution in [1.82, 2.24) is 0 Å². The summed E-state index contributed by atoms with van der Waals surface area (Å²) in [6, 6.07) is 72.4. The molecule has 76 heavy (non-hydrogen) atoms. The molecule has 0 saturated carbocycles. The second-order valence-electron chi connectivity index (χ2n) is 25.6. The van der Waals surface area contributed by atoms with Crippen LogP contribution >= 0.6 is 11.3 Å². The Morgan fingerprint density at radius 2 is 0.974 bits per heavy atom. The van der Waals surface area contributed by atoms with Crippen molar-refractivity contribution in [3.05, 3.63) is 216 Å². The zero-order valence-electron chi connectivity index (χ0n) is 46.7. The van der Waals surface area contributed by atoms with Gasteiger partial charge in [-0.2, -0.15) is 0 Å². The highest BCUT2D eigenvalue weighted by molar-refractivity contribution is 7.26. The van der Waals surface area contributed by atoms with Crippen molar-refractivity contribution in [2.45, 2.75) is 112 Å². The summed E-state index contributed by atoms with van der Waals surface area (Å²) in [6.07, 6.45) is 0. The van der Waals surface area contributed by atoms with Crippen molar-refractivity contribution in [3.8, 4) is 22.3 Å². The van der Waals surface area contributed by atoms with Crippen LogP contribution in [0, 0.1) is 6.92 Å². The Balaban J connectivity index is 1.20. The molecule has 0 amide bonds. The zero-order chi connectivity index (χ0) is 53.2. The van der Waals surface area contributed by atoms with Crippen LogP contribution in [0.25, 0.3) is 42.4 Å². The SMILES string of the molecule is Cc1cc2c3c(c1)N(c1ccc(C(C)(C)C)cc1-c1ccccc1)c1cc(N(c4ccc(C(C)(C)C)cc4)c4ccc(C(C)(C)C)cc4)ccc1B3N(c1ccc(C(C)(C)C)cc1)c1c-2ccc2sc3ccccc3c12. The van der Waals surface area contributed by atoms with E-state index in [0.29, 0.717) is 0 Å². The molecule has 12 rings (SSSR count). The Labute approximate surface area is 456 Å². The Bertz CT molecular complexity index is 3800. The predicted octanol–water partition coefficient (Wildman–Crippen LogP) is 19.4. The summed E-state index contributed by atoms with van der Waals surface area (Å²) in [5.41, 5.74) is 23.3. The Hall–Kier alpha value is -7.34. The summed E-state index contributed by atoms with van der Waals surface area (Å²) in [5, 5.41) is 2.62. The van der Waals surface area contributed by atoms with Crippen LogP contribution in [0.1, 0.15) is 111 Å². The molecular formula is C71H70BN3S. The minimum Gasteiger partial charge on any atom is -0.376 e. The molecule has 9 aromatic carbocycles. The number of hydrogen-bond donors (Lipinski definition) is 0. The number of rotatable bonds is 6. The average molecular weight is 1010 g/mol. The van der Waals surface area contributed by atoms with E-state index in [0.717, 1.165) is 28.4 Å². The van der Waals surface area contributed by atoms with E-state index in [2.05, 4.69) is 293 Å². The van der Waals surface area contributed by atoms with Crippen LogP contribution in [0.3, 0.4) is 0 Å². The lowest BCUT2D eigenvalue weighted by atomic mass is 9.43. The van der Waals surface area contributed by atoms with Crippen molar-refractivity contribution in [2.24, 2.45) is 0 Å². The summed E-state index contributed by atoms with van der Waals surface area (Å²) in [6.45, 7) is 29.8. The fourth-order valence-corrected chi connectivity index (χ4v) is 13.0. The molecule has 2 aliphatic rings. The summed E-state index contributed by atoms with van der Waals surface area (Å²) < 4.78 is 2.61. The van der Waals surface area contributed by atoms with Gasteiger partial charge in [-0.3, -0.25) is 0 Å².